The number of carbonyl (C=O) groups excluding carboxylic acids is 1. The zero-order valence-electron chi connectivity index (χ0n) is 15.0. The maximum atomic E-state index is 12.3. The summed E-state index contributed by atoms with van der Waals surface area (Å²) in [5.41, 5.74) is 0.618. The average molecular weight is 333 g/mol. The van der Waals surface area contributed by atoms with Crippen molar-refractivity contribution in [3.05, 3.63) is 49.1 Å². The van der Waals surface area contributed by atoms with Gasteiger partial charge in [0.15, 0.2) is 6.79 Å². The van der Waals surface area contributed by atoms with Gasteiger partial charge in [-0.1, -0.05) is 26.5 Å². The summed E-state index contributed by atoms with van der Waals surface area (Å²) in [6.45, 7) is 12.5. The molecule has 0 spiro atoms. The van der Waals surface area contributed by atoms with E-state index in [4.69, 9.17) is 14.2 Å². The molecule has 0 heterocycles. The normalized spacial score (nSPS) is 10.8. The molecule has 0 fully saturated rings. The standard InChI is InChI=1S/C19H27NO4/c1-7-18(21)20(13-19(3,4)8-2)12-15-11-16(23-6)9-10-17(15)24-14-22-5/h7-11H,1-2,12-14H2,3-6H3. The summed E-state index contributed by atoms with van der Waals surface area (Å²) in [5, 5.41) is 0. The number of amides is 1. The molecule has 0 radical (unpaired) electrons. The van der Waals surface area contributed by atoms with Gasteiger partial charge in [-0.2, -0.15) is 0 Å². The van der Waals surface area contributed by atoms with Gasteiger partial charge in [0.1, 0.15) is 11.5 Å². The Bertz CT molecular complexity index is 581. The van der Waals surface area contributed by atoms with Gasteiger partial charge < -0.3 is 19.1 Å². The summed E-state index contributed by atoms with van der Waals surface area (Å²) in [6, 6.07) is 5.47. The summed E-state index contributed by atoms with van der Waals surface area (Å²) in [7, 11) is 3.16. The number of rotatable bonds is 10. The lowest BCUT2D eigenvalue weighted by Crippen LogP contribution is -2.36. The van der Waals surface area contributed by atoms with Crippen molar-refractivity contribution in [2.45, 2.75) is 20.4 Å². The summed E-state index contributed by atoms with van der Waals surface area (Å²) in [5.74, 6) is 1.20. The highest BCUT2D eigenvalue weighted by Gasteiger charge is 2.22. The molecular weight excluding hydrogens is 306 g/mol. The van der Waals surface area contributed by atoms with Crippen LogP contribution in [0.2, 0.25) is 0 Å². The van der Waals surface area contributed by atoms with E-state index in [-0.39, 0.29) is 18.1 Å². The Morgan fingerprint density at radius 3 is 2.54 bits per heavy atom. The Morgan fingerprint density at radius 2 is 2.00 bits per heavy atom. The molecule has 1 aromatic carbocycles. The van der Waals surface area contributed by atoms with E-state index >= 15 is 0 Å². The van der Waals surface area contributed by atoms with Crippen LogP contribution in [0.5, 0.6) is 11.5 Å². The summed E-state index contributed by atoms with van der Waals surface area (Å²) < 4.78 is 15.8. The monoisotopic (exact) mass is 333 g/mol. The summed E-state index contributed by atoms with van der Waals surface area (Å²) >= 11 is 0. The highest BCUT2D eigenvalue weighted by Crippen LogP contribution is 2.27. The van der Waals surface area contributed by atoms with Crippen molar-refractivity contribution in [2.24, 2.45) is 5.41 Å². The van der Waals surface area contributed by atoms with Crippen LogP contribution in [0.1, 0.15) is 19.4 Å². The fourth-order valence-electron chi connectivity index (χ4n) is 2.17. The van der Waals surface area contributed by atoms with Crippen LogP contribution < -0.4 is 9.47 Å². The molecule has 0 aliphatic carbocycles. The van der Waals surface area contributed by atoms with Crippen molar-refractivity contribution in [3.63, 3.8) is 0 Å². The molecule has 1 aromatic rings. The van der Waals surface area contributed by atoms with E-state index in [0.29, 0.717) is 24.6 Å². The van der Waals surface area contributed by atoms with Gasteiger partial charge in [-0.25, -0.2) is 0 Å². The first-order valence-electron chi connectivity index (χ1n) is 7.70. The molecule has 0 bridgehead atoms. The van der Waals surface area contributed by atoms with E-state index in [2.05, 4.69) is 13.2 Å². The molecule has 0 saturated heterocycles. The third-order valence-electron chi connectivity index (χ3n) is 3.60. The maximum Gasteiger partial charge on any atom is 0.246 e. The molecule has 1 rings (SSSR count). The van der Waals surface area contributed by atoms with Gasteiger partial charge in [-0.05, 0) is 29.7 Å². The average Bonchev–Trinajstić information content (AvgIpc) is 2.59. The third-order valence-corrected chi connectivity index (χ3v) is 3.60. The topological polar surface area (TPSA) is 48.0 Å². The fourth-order valence-corrected chi connectivity index (χ4v) is 2.17. The largest absolute Gasteiger partial charge is 0.497 e. The lowest BCUT2D eigenvalue weighted by atomic mass is 9.93. The Morgan fingerprint density at radius 1 is 1.29 bits per heavy atom. The van der Waals surface area contributed by atoms with Crippen LogP contribution in [0.3, 0.4) is 0 Å². The van der Waals surface area contributed by atoms with Gasteiger partial charge in [-0.15, -0.1) is 6.58 Å². The lowest BCUT2D eigenvalue weighted by Gasteiger charge is -2.30. The Labute approximate surface area is 144 Å². The number of hydrogen-bond donors (Lipinski definition) is 0. The van der Waals surface area contributed by atoms with E-state index in [1.807, 2.05) is 38.1 Å². The Hall–Kier alpha value is -2.27. The highest BCUT2D eigenvalue weighted by atomic mass is 16.7. The van der Waals surface area contributed by atoms with Crippen LogP contribution in [0.15, 0.2) is 43.5 Å². The minimum absolute atomic E-state index is 0.132. The number of carbonyl (C=O) groups is 1. The van der Waals surface area contributed by atoms with E-state index in [9.17, 15) is 4.79 Å². The van der Waals surface area contributed by atoms with Gasteiger partial charge in [0, 0.05) is 25.8 Å². The Kier molecular flexibility index (Phi) is 7.52. The third kappa shape index (κ3) is 5.74. The zero-order valence-corrected chi connectivity index (χ0v) is 15.0. The van der Waals surface area contributed by atoms with Crippen molar-refractivity contribution in [1.82, 2.24) is 4.90 Å². The second-order valence-corrected chi connectivity index (χ2v) is 6.12. The first-order chi connectivity index (χ1) is 11.4. The summed E-state index contributed by atoms with van der Waals surface area (Å²) in [6.07, 6.45) is 3.15. The lowest BCUT2D eigenvalue weighted by molar-refractivity contribution is -0.127. The number of nitrogens with zero attached hydrogens (tertiary/aromatic N) is 1. The van der Waals surface area contributed by atoms with Crippen molar-refractivity contribution >= 4 is 5.91 Å². The van der Waals surface area contributed by atoms with Crippen LogP contribution >= 0.6 is 0 Å². The van der Waals surface area contributed by atoms with Crippen LogP contribution in [-0.2, 0) is 16.1 Å². The van der Waals surface area contributed by atoms with Crippen molar-refractivity contribution in [2.75, 3.05) is 27.6 Å². The molecule has 5 nitrogen and oxygen atoms in total. The van der Waals surface area contributed by atoms with Crippen molar-refractivity contribution < 1.29 is 19.0 Å². The van der Waals surface area contributed by atoms with Crippen LogP contribution in [-0.4, -0.2) is 38.4 Å². The molecular formula is C19H27NO4. The molecule has 5 heteroatoms. The minimum atomic E-state index is -0.217. The smallest absolute Gasteiger partial charge is 0.246 e. The van der Waals surface area contributed by atoms with Gasteiger partial charge in [-0.3, -0.25) is 4.79 Å². The predicted octanol–water partition coefficient (Wildman–Crippen LogP) is 3.40. The van der Waals surface area contributed by atoms with Crippen LogP contribution in [0, 0.1) is 5.41 Å². The molecule has 0 saturated carbocycles. The SMILES string of the molecule is C=CC(=O)N(Cc1cc(OC)ccc1OCOC)CC(C)(C)C=C. The molecule has 24 heavy (non-hydrogen) atoms. The zero-order chi connectivity index (χ0) is 18.2. The number of methoxy groups -OCH3 is 2. The Balaban J connectivity index is 3.12. The van der Waals surface area contributed by atoms with Crippen LogP contribution in [0.25, 0.3) is 0 Å². The second kappa shape index (κ2) is 9.13. The number of benzene rings is 1. The van der Waals surface area contributed by atoms with Gasteiger partial charge in [0.2, 0.25) is 5.91 Å². The number of hydrogen-bond acceptors (Lipinski definition) is 4. The van der Waals surface area contributed by atoms with Gasteiger partial charge >= 0.3 is 0 Å². The van der Waals surface area contributed by atoms with E-state index in [1.54, 1.807) is 19.1 Å². The molecule has 0 aliphatic rings. The molecule has 1 amide bonds. The molecule has 0 aliphatic heterocycles. The molecule has 0 atom stereocenters. The molecule has 0 N–H and O–H groups in total. The van der Waals surface area contributed by atoms with Crippen molar-refractivity contribution in [3.8, 4) is 11.5 Å². The van der Waals surface area contributed by atoms with Gasteiger partial charge in [0.25, 0.3) is 0 Å². The molecule has 132 valence electrons. The summed E-state index contributed by atoms with van der Waals surface area (Å²) in [4.78, 5) is 14.0. The maximum absolute atomic E-state index is 12.3. The van der Waals surface area contributed by atoms with E-state index in [1.165, 1.54) is 6.08 Å². The minimum Gasteiger partial charge on any atom is -0.497 e. The molecule has 0 aromatic heterocycles. The predicted molar refractivity (Wildman–Crippen MR) is 95.1 cm³/mol. The first kappa shape index (κ1) is 19.8. The van der Waals surface area contributed by atoms with E-state index in [0.717, 1.165) is 5.56 Å². The van der Waals surface area contributed by atoms with Crippen LogP contribution in [0.4, 0.5) is 0 Å². The number of ether oxygens (including phenoxy) is 3. The van der Waals surface area contributed by atoms with Gasteiger partial charge in [0.05, 0.1) is 7.11 Å². The van der Waals surface area contributed by atoms with E-state index < -0.39 is 0 Å². The fraction of sp³-hybridized carbons (Fsp3) is 0.421. The molecule has 0 unspecified atom stereocenters. The quantitative estimate of drug-likeness (QED) is 0.374. The first-order valence-corrected chi connectivity index (χ1v) is 7.70. The highest BCUT2D eigenvalue weighted by molar-refractivity contribution is 5.87. The second-order valence-electron chi connectivity index (χ2n) is 6.12. The van der Waals surface area contributed by atoms with Crippen molar-refractivity contribution in [1.29, 1.82) is 0 Å².